The number of hydrogen-bond acceptors (Lipinski definition) is 3. The Morgan fingerprint density at radius 2 is 2.00 bits per heavy atom. The van der Waals surface area contributed by atoms with E-state index in [0.717, 1.165) is 5.69 Å². The monoisotopic (exact) mass is 218 g/mol. The number of benzene rings is 1. The largest absolute Gasteiger partial charge is 0.399 e. The zero-order valence-corrected chi connectivity index (χ0v) is 9.71. The molecule has 2 rings (SSSR count). The van der Waals surface area contributed by atoms with Gasteiger partial charge in [0.05, 0.1) is 0 Å². The number of anilines is 2. The fourth-order valence-corrected chi connectivity index (χ4v) is 2.32. The van der Waals surface area contributed by atoms with Crippen LogP contribution in [0.15, 0.2) is 35.7 Å². The zero-order chi connectivity index (χ0) is 10.8. The van der Waals surface area contributed by atoms with Gasteiger partial charge in [0, 0.05) is 35.9 Å². The highest BCUT2D eigenvalue weighted by atomic mass is 32.1. The molecule has 3 heteroatoms. The Morgan fingerprint density at radius 1 is 1.20 bits per heavy atom. The van der Waals surface area contributed by atoms with E-state index in [0.29, 0.717) is 0 Å². The van der Waals surface area contributed by atoms with Crippen LogP contribution in [0.5, 0.6) is 0 Å². The lowest BCUT2D eigenvalue weighted by Crippen LogP contribution is -2.09. The van der Waals surface area contributed by atoms with Crippen molar-refractivity contribution < 1.29 is 0 Å². The van der Waals surface area contributed by atoms with Crippen LogP contribution in [0, 0.1) is 0 Å². The summed E-state index contributed by atoms with van der Waals surface area (Å²) < 4.78 is 0. The van der Waals surface area contributed by atoms with Crippen molar-refractivity contribution in [2.75, 3.05) is 24.7 Å². The molecular weight excluding hydrogens is 204 g/mol. The third-order valence-electron chi connectivity index (χ3n) is 2.29. The van der Waals surface area contributed by atoms with Crippen molar-refractivity contribution in [3.05, 3.63) is 35.7 Å². The number of hydrogen-bond donors (Lipinski definition) is 1. The predicted molar refractivity (Wildman–Crippen MR) is 68.5 cm³/mol. The summed E-state index contributed by atoms with van der Waals surface area (Å²) >= 11 is 1.73. The van der Waals surface area contributed by atoms with E-state index >= 15 is 0 Å². The van der Waals surface area contributed by atoms with Crippen LogP contribution in [0.4, 0.5) is 11.4 Å². The summed E-state index contributed by atoms with van der Waals surface area (Å²) in [6, 6.07) is 10.2. The van der Waals surface area contributed by atoms with Crippen LogP contribution in [-0.2, 0) is 0 Å². The summed E-state index contributed by atoms with van der Waals surface area (Å²) in [4.78, 5) is 3.36. The normalized spacial score (nSPS) is 10.3. The lowest BCUT2D eigenvalue weighted by molar-refractivity contribution is 1.13. The third-order valence-corrected chi connectivity index (χ3v) is 3.19. The quantitative estimate of drug-likeness (QED) is 0.785. The molecule has 2 N–H and O–H groups in total. The lowest BCUT2D eigenvalue weighted by Gasteiger charge is -2.17. The highest BCUT2D eigenvalue weighted by molar-refractivity contribution is 7.13. The number of nitrogens with zero attached hydrogens (tertiary/aromatic N) is 1. The molecule has 0 aliphatic carbocycles. The van der Waals surface area contributed by atoms with Crippen LogP contribution in [0.2, 0.25) is 0 Å². The van der Waals surface area contributed by atoms with Crippen molar-refractivity contribution in [2.24, 2.45) is 0 Å². The summed E-state index contributed by atoms with van der Waals surface area (Å²) in [6.45, 7) is 0. The Bertz CT molecular complexity index is 447. The van der Waals surface area contributed by atoms with Crippen LogP contribution >= 0.6 is 11.3 Å². The van der Waals surface area contributed by atoms with Crippen molar-refractivity contribution >= 4 is 22.7 Å². The van der Waals surface area contributed by atoms with E-state index in [1.807, 2.05) is 26.2 Å². The first-order chi connectivity index (χ1) is 7.18. The summed E-state index contributed by atoms with van der Waals surface area (Å²) in [5.74, 6) is 0. The standard InChI is InChI=1S/C12H14N2S/c1-14(2)11-6-5-9(13)8-10(11)12-4-3-7-15-12/h3-8H,13H2,1-2H3. The summed E-state index contributed by atoms with van der Waals surface area (Å²) in [6.07, 6.45) is 0. The first kappa shape index (κ1) is 10.1. The average molecular weight is 218 g/mol. The molecule has 15 heavy (non-hydrogen) atoms. The van der Waals surface area contributed by atoms with Gasteiger partial charge in [0.25, 0.3) is 0 Å². The second kappa shape index (κ2) is 3.95. The molecule has 1 aromatic carbocycles. The van der Waals surface area contributed by atoms with Gasteiger partial charge in [-0.25, -0.2) is 0 Å². The molecule has 78 valence electrons. The van der Waals surface area contributed by atoms with Crippen LogP contribution in [0.25, 0.3) is 10.4 Å². The van der Waals surface area contributed by atoms with Crippen LogP contribution in [-0.4, -0.2) is 14.1 Å². The Labute approximate surface area is 94.0 Å². The van der Waals surface area contributed by atoms with E-state index in [1.54, 1.807) is 11.3 Å². The summed E-state index contributed by atoms with van der Waals surface area (Å²) in [7, 11) is 4.09. The van der Waals surface area contributed by atoms with Gasteiger partial charge in [-0.2, -0.15) is 0 Å². The number of nitrogens with two attached hydrogens (primary N) is 1. The molecule has 1 heterocycles. The summed E-state index contributed by atoms with van der Waals surface area (Å²) in [5.41, 5.74) is 9.03. The molecule has 0 amide bonds. The van der Waals surface area contributed by atoms with Gasteiger partial charge in [-0.05, 0) is 29.6 Å². The van der Waals surface area contributed by atoms with E-state index in [2.05, 4.69) is 28.5 Å². The average Bonchev–Trinajstić information content (AvgIpc) is 2.69. The molecule has 0 bridgehead atoms. The van der Waals surface area contributed by atoms with Crippen molar-refractivity contribution in [1.82, 2.24) is 0 Å². The van der Waals surface area contributed by atoms with E-state index in [4.69, 9.17) is 5.73 Å². The van der Waals surface area contributed by atoms with Gasteiger partial charge in [0.1, 0.15) is 0 Å². The maximum atomic E-state index is 5.82. The molecule has 0 saturated heterocycles. The Balaban J connectivity index is 2.58. The summed E-state index contributed by atoms with van der Waals surface area (Å²) in [5, 5.41) is 2.08. The zero-order valence-electron chi connectivity index (χ0n) is 8.90. The van der Waals surface area contributed by atoms with Crippen molar-refractivity contribution in [1.29, 1.82) is 0 Å². The van der Waals surface area contributed by atoms with Gasteiger partial charge in [-0.1, -0.05) is 6.07 Å². The molecule has 0 spiro atoms. The highest BCUT2D eigenvalue weighted by Gasteiger charge is 2.07. The van der Waals surface area contributed by atoms with Crippen molar-refractivity contribution in [3.8, 4) is 10.4 Å². The minimum Gasteiger partial charge on any atom is -0.399 e. The molecule has 0 aliphatic rings. The fraction of sp³-hybridized carbons (Fsp3) is 0.167. The molecule has 0 saturated carbocycles. The number of rotatable bonds is 2. The van der Waals surface area contributed by atoms with E-state index in [1.165, 1.54) is 16.1 Å². The first-order valence-electron chi connectivity index (χ1n) is 4.79. The highest BCUT2D eigenvalue weighted by Crippen LogP contribution is 2.34. The van der Waals surface area contributed by atoms with Gasteiger partial charge < -0.3 is 10.6 Å². The lowest BCUT2D eigenvalue weighted by atomic mass is 10.1. The smallest absolute Gasteiger partial charge is 0.0450 e. The number of nitrogen functional groups attached to an aromatic ring is 1. The Morgan fingerprint density at radius 3 is 2.60 bits per heavy atom. The second-order valence-electron chi connectivity index (χ2n) is 3.65. The molecule has 2 nitrogen and oxygen atoms in total. The van der Waals surface area contributed by atoms with Crippen LogP contribution in [0.1, 0.15) is 0 Å². The Kier molecular flexibility index (Phi) is 2.64. The molecule has 0 radical (unpaired) electrons. The molecule has 0 unspecified atom stereocenters. The molecular formula is C12H14N2S. The molecule has 2 aromatic rings. The van der Waals surface area contributed by atoms with Gasteiger partial charge in [-0.3, -0.25) is 0 Å². The van der Waals surface area contributed by atoms with E-state index in [-0.39, 0.29) is 0 Å². The second-order valence-corrected chi connectivity index (χ2v) is 4.60. The number of thiophene rings is 1. The van der Waals surface area contributed by atoms with E-state index in [9.17, 15) is 0 Å². The topological polar surface area (TPSA) is 29.3 Å². The SMILES string of the molecule is CN(C)c1ccc(N)cc1-c1cccs1. The van der Waals surface area contributed by atoms with Gasteiger partial charge >= 0.3 is 0 Å². The minimum absolute atomic E-state index is 0.809. The maximum absolute atomic E-state index is 5.82. The Hall–Kier alpha value is -1.48. The third kappa shape index (κ3) is 1.97. The van der Waals surface area contributed by atoms with Gasteiger partial charge in [0.2, 0.25) is 0 Å². The molecule has 0 fully saturated rings. The van der Waals surface area contributed by atoms with Gasteiger partial charge in [-0.15, -0.1) is 11.3 Å². The van der Waals surface area contributed by atoms with Gasteiger partial charge in [0.15, 0.2) is 0 Å². The predicted octanol–water partition coefficient (Wildman–Crippen LogP) is 3.06. The van der Waals surface area contributed by atoms with Crippen molar-refractivity contribution in [2.45, 2.75) is 0 Å². The van der Waals surface area contributed by atoms with Crippen LogP contribution in [0.3, 0.4) is 0 Å². The first-order valence-corrected chi connectivity index (χ1v) is 5.67. The van der Waals surface area contributed by atoms with Crippen molar-refractivity contribution in [3.63, 3.8) is 0 Å². The maximum Gasteiger partial charge on any atom is 0.0450 e. The minimum atomic E-state index is 0.809. The molecule has 0 atom stereocenters. The fourth-order valence-electron chi connectivity index (χ4n) is 1.57. The molecule has 0 aliphatic heterocycles. The molecule has 1 aromatic heterocycles. The van der Waals surface area contributed by atoms with E-state index < -0.39 is 0 Å². The van der Waals surface area contributed by atoms with Crippen LogP contribution < -0.4 is 10.6 Å².